The van der Waals surface area contributed by atoms with E-state index >= 15 is 0 Å². The number of carbonyl (C=O) groups excluding carboxylic acids is 1. The molecule has 0 atom stereocenters. The van der Waals surface area contributed by atoms with Crippen molar-refractivity contribution in [3.8, 4) is 0 Å². The molecule has 0 unspecified atom stereocenters. The molecule has 8 heteroatoms. The Morgan fingerprint density at radius 2 is 2.04 bits per heavy atom. The SMILES string of the molecule is CC(C)Cn1cnc2cc(C(=O)NCC3CCNCC3)cnc21.Cl.Cl. The van der Waals surface area contributed by atoms with Crippen LogP contribution in [0.15, 0.2) is 18.6 Å². The average molecular weight is 388 g/mol. The van der Waals surface area contributed by atoms with Gasteiger partial charge < -0.3 is 15.2 Å². The molecule has 2 aromatic heterocycles. The van der Waals surface area contributed by atoms with Gasteiger partial charge in [0.2, 0.25) is 0 Å². The molecule has 1 aliphatic rings. The minimum atomic E-state index is -0.0589. The summed E-state index contributed by atoms with van der Waals surface area (Å²) in [6.45, 7) is 8.02. The molecular formula is C17H27Cl2N5O. The third-order valence-corrected chi connectivity index (χ3v) is 4.29. The molecule has 0 saturated carbocycles. The Labute approximate surface area is 161 Å². The number of hydrogen-bond donors (Lipinski definition) is 2. The van der Waals surface area contributed by atoms with Gasteiger partial charge in [-0.25, -0.2) is 9.97 Å². The Hall–Kier alpha value is -1.37. The molecular weight excluding hydrogens is 361 g/mol. The first-order valence-corrected chi connectivity index (χ1v) is 8.43. The lowest BCUT2D eigenvalue weighted by molar-refractivity contribution is 0.0944. The second-order valence-corrected chi connectivity index (χ2v) is 6.76. The van der Waals surface area contributed by atoms with Crippen LogP contribution in [0.2, 0.25) is 0 Å². The maximum absolute atomic E-state index is 12.3. The highest BCUT2D eigenvalue weighted by Gasteiger charge is 2.15. The molecule has 0 bridgehead atoms. The largest absolute Gasteiger partial charge is 0.352 e. The summed E-state index contributed by atoms with van der Waals surface area (Å²) in [5.74, 6) is 1.04. The van der Waals surface area contributed by atoms with E-state index < -0.39 is 0 Å². The van der Waals surface area contributed by atoms with Gasteiger partial charge in [-0.2, -0.15) is 0 Å². The summed E-state index contributed by atoms with van der Waals surface area (Å²) in [6, 6.07) is 1.83. The molecule has 1 fully saturated rings. The zero-order valence-electron chi connectivity index (χ0n) is 14.7. The highest BCUT2D eigenvalue weighted by atomic mass is 35.5. The van der Waals surface area contributed by atoms with Crippen LogP contribution in [0, 0.1) is 11.8 Å². The first-order chi connectivity index (χ1) is 11.1. The standard InChI is InChI=1S/C17H25N5O.2ClH/c1-12(2)10-22-11-21-15-7-14(9-19-16(15)22)17(23)20-8-13-3-5-18-6-4-13;;/h7,9,11-13,18H,3-6,8,10H2,1-2H3,(H,20,23);2*1H. The number of carbonyl (C=O) groups is 1. The van der Waals surface area contributed by atoms with Crippen LogP contribution < -0.4 is 10.6 Å². The molecule has 0 radical (unpaired) electrons. The number of hydrogen-bond acceptors (Lipinski definition) is 4. The van der Waals surface area contributed by atoms with Crippen LogP contribution in [0.5, 0.6) is 0 Å². The van der Waals surface area contributed by atoms with Crippen LogP contribution in [-0.2, 0) is 6.54 Å². The molecule has 1 amide bonds. The number of pyridine rings is 1. The molecule has 2 N–H and O–H groups in total. The lowest BCUT2D eigenvalue weighted by Gasteiger charge is -2.22. The summed E-state index contributed by atoms with van der Waals surface area (Å²) in [5.41, 5.74) is 2.20. The van der Waals surface area contributed by atoms with Crippen LogP contribution >= 0.6 is 24.8 Å². The summed E-state index contributed by atoms with van der Waals surface area (Å²) in [4.78, 5) is 21.1. The Balaban J connectivity index is 0.00000156. The number of nitrogens with one attached hydrogen (secondary N) is 2. The molecule has 1 saturated heterocycles. The molecule has 0 aliphatic carbocycles. The van der Waals surface area contributed by atoms with Gasteiger partial charge in [0.05, 0.1) is 11.9 Å². The van der Waals surface area contributed by atoms with E-state index in [2.05, 4.69) is 34.4 Å². The van der Waals surface area contributed by atoms with Crippen molar-refractivity contribution in [3.63, 3.8) is 0 Å². The first kappa shape index (κ1) is 21.7. The molecule has 1 aliphatic heterocycles. The molecule has 0 spiro atoms. The van der Waals surface area contributed by atoms with Crippen molar-refractivity contribution < 1.29 is 4.79 Å². The van der Waals surface area contributed by atoms with Gasteiger partial charge in [0.15, 0.2) is 5.65 Å². The van der Waals surface area contributed by atoms with Crippen molar-refractivity contribution in [2.45, 2.75) is 33.2 Å². The van der Waals surface area contributed by atoms with E-state index in [4.69, 9.17) is 0 Å². The fourth-order valence-corrected chi connectivity index (χ4v) is 3.02. The minimum Gasteiger partial charge on any atom is -0.352 e. The number of nitrogens with zero attached hydrogens (tertiary/aromatic N) is 3. The third kappa shape index (κ3) is 5.56. The van der Waals surface area contributed by atoms with Gasteiger partial charge in [-0.15, -0.1) is 24.8 Å². The molecule has 3 heterocycles. The quantitative estimate of drug-likeness (QED) is 0.826. The van der Waals surface area contributed by atoms with E-state index in [1.54, 1.807) is 12.5 Å². The lowest BCUT2D eigenvalue weighted by Crippen LogP contribution is -2.36. The summed E-state index contributed by atoms with van der Waals surface area (Å²) in [6.07, 6.45) is 5.70. The number of fused-ring (bicyclic) bond motifs is 1. The van der Waals surface area contributed by atoms with Crippen molar-refractivity contribution in [2.24, 2.45) is 11.8 Å². The van der Waals surface area contributed by atoms with Crippen LogP contribution in [-0.4, -0.2) is 40.1 Å². The fourth-order valence-electron chi connectivity index (χ4n) is 3.02. The second-order valence-electron chi connectivity index (χ2n) is 6.76. The summed E-state index contributed by atoms with van der Waals surface area (Å²) < 4.78 is 2.04. The summed E-state index contributed by atoms with van der Waals surface area (Å²) in [7, 11) is 0. The predicted molar refractivity (Wildman–Crippen MR) is 105 cm³/mol. The topological polar surface area (TPSA) is 71.8 Å². The van der Waals surface area contributed by atoms with Crippen molar-refractivity contribution in [1.29, 1.82) is 0 Å². The molecule has 0 aromatic carbocycles. The number of piperidine rings is 1. The predicted octanol–water partition coefficient (Wildman–Crippen LogP) is 2.66. The number of imidazole rings is 1. The average Bonchev–Trinajstić information content (AvgIpc) is 2.95. The zero-order chi connectivity index (χ0) is 16.2. The van der Waals surface area contributed by atoms with Crippen molar-refractivity contribution in [2.75, 3.05) is 19.6 Å². The minimum absolute atomic E-state index is 0. The highest BCUT2D eigenvalue weighted by Crippen LogP contribution is 2.14. The molecule has 2 aromatic rings. The Morgan fingerprint density at radius 3 is 2.72 bits per heavy atom. The van der Waals surface area contributed by atoms with Gasteiger partial charge in [0.25, 0.3) is 5.91 Å². The number of amides is 1. The van der Waals surface area contributed by atoms with Crippen LogP contribution in [0.4, 0.5) is 0 Å². The van der Waals surface area contributed by atoms with Crippen LogP contribution in [0.25, 0.3) is 11.2 Å². The number of rotatable bonds is 5. The fraction of sp³-hybridized carbons (Fsp3) is 0.588. The van der Waals surface area contributed by atoms with E-state index in [-0.39, 0.29) is 30.7 Å². The van der Waals surface area contributed by atoms with Crippen molar-refractivity contribution in [3.05, 3.63) is 24.2 Å². The van der Waals surface area contributed by atoms with Gasteiger partial charge >= 0.3 is 0 Å². The highest BCUT2D eigenvalue weighted by molar-refractivity contribution is 5.96. The van der Waals surface area contributed by atoms with Gasteiger partial charge in [-0.05, 0) is 43.8 Å². The summed E-state index contributed by atoms with van der Waals surface area (Å²) in [5, 5.41) is 6.37. The Morgan fingerprint density at radius 1 is 1.32 bits per heavy atom. The number of aromatic nitrogens is 3. The van der Waals surface area contributed by atoms with Crippen molar-refractivity contribution in [1.82, 2.24) is 25.2 Å². The maximum atomic E-state index is 12.3. The molecule has 6 nitrogen and oxygen atoms in total. The van der Waals surface area contributed by atoms with E-state index in [1.807, 2.05) is 10.6 Å². The smallest absolute Gasteiger partial charge is 0.252 e. The van der Waals surface area contributed by atoms with Crippen LogP contribution in [0.3, 0.4) is 0 Å². The van der Waals surface area contributed by atoms with Crippen molar-refractivity contribution >= 4 is 41.9 Å². The Bertz CT molecular complexity index is 683. The molecule has 140 valence electrons. The monoisotopic (exact) mass is 387 g/mol. The molecule has 25 heavy (non-hydrogen) atoms. The first-order valence-electron chi connectivity index (χ1n) is 8.43. The Kier molecular flexibility index (Phi) is 8.62. The molecule has 3 rings (SSSR count). The zero-order valence-corrected chi connectivity index (χ0v) is 16.3. The lowest BCUT2D eigenvalue weighted by atomic mass is 9.98. The summed E-state index contributed by atoms with van der Waals surface area (Å²) >= 11 is 0. The number of halogens is 2. The van der Waals surface area contributed by atoms with Gasteiger partial charge in [-0.3, -0.25) is 4.79 Å². The van der Waals surface area contributed by atoms with E-state index in [0.717, 1.165) is 50.2 Å². The normalized spacial score (nSPS) is 14.8. The second kappa shape index (κ2) is 9.94. The van der Waals surface area contributed by atoms with E-state index in [1.165, 1.54) is 0 Å². The van der Waals surface area contributed by atoms with E-state index in [0.29, 0.717) is 17.4 Å². The van der Waals surface area contributed by atoms with Gasteiger partial charge in [-0.1, -0.05) is 13.8 Å². The van der Waals surface area contributed by atoms with Gasteiger partial charge in [0.1, 0.15) is 5.52 Å². The third-order valence-electron chi connectivity index (χ3n) is 4.29. The van der Waals surface area contributed by atoms with Crippen LogP contribution in [0.1, 0.15) is 37.0 Å². The maximum Gasteiger partial charge on any atom is 0.252 e. The van der Waals surface area contributed by atoms with Gasteiger partial charge in [0, 0.05) is 19.3 Å². The van der Waals surface area contributed by atoms with E-state index in [9.17, 15) is 4.79 Å².